The van der Waals surface area contributed by atoms with Gasteiger partial charge in [-0.05, 0) is 26.2 Å². The molecule has 8 nitrogen and oxygen atoms in total. The number of aromatic nitrogens is 2. The van der Waals surface area contributed by atoms with E-state index in [9.17, 15) is 22.4 Å². The van der Waals surface area contributed by atoms with Gasteiger partial charge in [0.05, 0.1) is 36.2 Å². The van der Waals surface area contributed by atoms with Crippen LogP contribution in [-0.2, 0) is 11.3 Å². The Kier molecular flexibility index (Phi) is 8.30. The maximum absolute atomic E-state index is 14.2. The third-order valence-corrected chi connectivity index (χ3v) is 5.16. The van der Waals surface area contributed by atoms with Crippen LogP contribution in [0.25, 0.3) is 11.3 Å². The Balaban J connectivity index is 0.000000454. The van der Waals surface area contributed by atoms with Crippen molar-refractivity contribution in [3.05, 3.63) is 66.1 Å². The summed E-state index contributed by atoms with van der Waals surface area (Å²) in [6.45, 7) is 2.04. The Morgan fingerprint density at radius 1 is 1.11 bits per heavy atom. The van der Waals surface area contributed by atoms with E-state index in [1.165, 1.54) is 6.07 Å². The van der Waals surface area contributed by atoms with Gasteiger partial charge in [-0.15, -0.1) is 0 Å². The Labute approximate surface area is 204 Å². The molecule has 2 aromatic carbocycles. The number of nitrogens with zero attached hydrogens (tertiary/aromatic N) is 4. The van der Waals surface area contributed by atoms with Crippen molar-refractivity contribution >= 4 is 17.6 Å². The number of anilines is 1. The molecule has 0 fully saturated rings. The highest BCUT2D eigenvalue weighted by Gasteiger charge is 2.38. The van der Waals surface area contributed by atoms with Crippen LogP contribution in [0.3, 0.4) is 0 Å². The topological polar surface area (TPSA) is 87.9 Å². The van der Waals surface area contributed by atoms with Crippen molar-refractivity contribution in [2.75, 3.05) is 38.7 Å². The maximum Gasteiger partial charge on any atom is 0.490 e. The minimum absolute atomic E-state index is 0.119. The minimum atomic E-state index is -5.08. The number of halogens is 4. The molecule has 0 saturated heterocycles. The van der Waals surface area contributed by atoms with Gasteiger partial charge < -0.3 is 19.6 Å². The first kappa shape index (κ1) is 26.7. The molecule has 0 spiro atoms. The molecule has 1 aromatic heterocycles. The Hall–Kier alpha value is -3.93. The van der Waals surface area contributed by atoms with E-state index >= 15 is 0 Å². The van der Waals surface area contributed by atoms with Crippen LogP contribution in [0, 0.1) is 5.82 Å². The number of amides is 1. The zero-order valence-electron chi connectivity index (χ0n) is 19.5. The van der Waals surface area contributed by atoms with Gasteiger partial charge in [0.15, 0.2) is 11.6 Å². The van der Waals surface area contributed by atoms with Crippen molar-refractivity contribution < 1.29 is 37.0 Å². The average molecular weight is 508 g/mol. The van der Waals surface area contributed by atoms with Gasteiger partial charge in [0.1, 0.15) is 6.61 Å². The highest BCUT2D eigenvalue weighted by atomic mass is 19.4. The van der Waals surface area contributed by atoms with Gasteiger partial charge in [-0.1, -0.05) is 36.4 Å². The van der Waals surface area contributed by atoms with E-state index in [4.69, 9.17) is 14.6 Å². The van der Waals surface area contributed by atoms with Crippen LogP contribution >= 0.6 is 0 Å². The molecule has 0 saturated carbocycles. The first-order valence-corrected chi connectivity index (χ1v) is 10.8. The molecule has 1 N–H and O–H groups in total. The van der Waals surface area contributed by atoms with E-state index in [1.54, 1.807) is 23.2 Å². The van der Waals surface area contributed by atoms with Crippen LogP contribution in [0.15, 0.2) is 54.7 Å². The highest BCUT2D eigenvalue weighted by molar-refractivity contribution is 6.10. The fourth-order valence-corrected chi connectivity index (χ4v) is 3.48. The SMILES string of the molecule is CN(C)CCn1ncc(C(=O)N2CCOc3c(F)cccc32)c1-c1ccccc1.O=C(O)C(F)(F)F. The number of likely N-dealkylation sites (N-methyl/N-ethyl adjacent to an activating group) is 1. The normalized spacial score (nSPS) is 12.9. The molecule has 2 heterocycles. The van der Waals surface area contributed by atoms with Gasteiger partial charge in [0, 0.05) is 12.1 Å². The molecule has 0 unspecified atom stereocenters. The second-order valence-corrected chi connectivity index (χ2v) is 8.00. The van der Waals surface area contributed by atoms with Gasteiger partial charge in [0.2, 0.25) is 0 Å². The molecule has 4 rings (SSSR count). The van der Waals surface area contributed by atoms with E-state index in [0.717, 1.165) is 17.8 Å². The van der Waals surface area contributed by atoms with Crippen molar-refractivity contribution in [2.24, 2.45) is 0 Å². The lowest BCUT2D eigenvalue weighted by Gasteiger charge is -2.29. The molecule has 0 radical (unpaired) electrons. The van der Waals surface area contributed by atoms with Gasteiger partial charge in [-0.25, -0.2) is 9.18 Å². The second kappa shape index (κ2) is 11.2. The number of hydrogen-bond acceptors (Lipinski definition) is 5. The quantitative estimate of drug-likeness (QED) is 0.526. The predicted octanol–water partition coefficient (Wildman–Crippen LogP) is 3.92. The number of carbonyl (C=O) groups is 2. The number of carbonyl (C=O) groups excluding carboxylic acids is 1. The minimum Gasteiger partial charge on any atom is -0.486 e. The molecule has 0 atom stereocenters. The Morgan fingerprint density at radius 3 is 2.39 bits per heavy atom. The maximum atomic E-state index is 14.2. The van der Waals surface area contributed by atoms with Gasteiger partial charge in [0.25, 0.3) is 5.91 Å². The summed E-state index contributed by atoms with van der Waals surface area (Å²) >= 11 is 0. The number of aliphatic carboxylic acids is 1. The van der Waals surface area contributed by atoms with Gasteiger partial charge in [-0.3, -0.25) is 9.48 Å². The summed E-state index contributed by atoms with van der Waals surface area (Å²) in [6.07, 6.45) is -3.48. The van der Waals surface area contributed by atoms with E-state index in [0.29, 0.717) is 24.3 Å². The first-order valence-electron chi connectivity index (χ1n) is 10.8. The lowest BCUT2D eigenvalue weighted by atomic mass is 10.1. The molecular formula is C24H24F4N4O4. The number of para-hydroxylation sites is 1. The summed E-state index contributed by atoms with van der Waals surface area (Å²) in [6, 6.07) is 14.4. The van der Waals surface area contributed by atoms with E-state index < -0.39 is 18.0 Å². The number of ether oxygens (including phenoxy) is 1. The monoisotopic (exact) mass is 508 g/mol. The van der Waals surface area contributed by atoms with Crippen LogP contribution in [0.1, 0.15) is 10.4 Å². The van der Waals surface area contributed by atoms with Crippen molar-refractivity contribution in [1.82, 2.24) is 14.7 Å². The van der Waals surface area contributed by atoms with Crippen molar-refractivity contribution in [3.63, 3.8) is 0 Å². The van der Waals surface area contributed by atoms with Crippen LogP contribution in [0.4, 0.5) is 23.2 Å². The highest BCUT2D eigenvalue weighted by Crippen LogP contribution is 2.36. The number of fused-ring (bicyclic) bond motifs is 1. The molecule has 36 heavy (non-hydrogen) atoms. The molecule has 192 valence electrons. The fraction of sp³-hybridized carbons (Fsp3) is 0.292. The van der Waals surface area contributed by atoms with Crippen LogP contribution in [0.5, 0.6) is 5.75 Å². The molecule has 3 aromatic rings. The van der Waals surface area contributed by atoms with E-state index in [2.05, 4.69) is 10.00 Å². The van der Waals surface area contributed by atoms with E-state index in [1.807, 2.05) is 49.1 Å². The third-order valence-electron chi connectivity index (χ3n) is 5.16. The van der Waals surface area contributed by atoms with Gasteiger partial charge in [-0.2, -0.15) is 18.3 Å². The number of benzene rings is 2. The van der Waals surface area contributed by atoms with Crippen LogP contribution < -0.4 is 9.64 Å². The first-order chi connectivity index (χ1) is 17.0. The lowest BCUT2D eigenvalue weighted by Crippen LogP contribution is -2.38. The summed E-state index contributed by atoms with van der Waals surface area (Å²) in [7, 11) is 3.99. The van der Waals surface area contributed by atoms with Crippen molar-refractivity contribution in [1.29, 1.82) is 0 Å². The smallest absolute Gasteiger partial charge is 0.486 e. The summed E-state index contributed by atoms with van der Waals surface area (Å²) in [4.78, 5) is 26.0. The summed E-state index contributed by atoms with van der Waals surface area (Å²) in [5.74, 6) is -3.32. The molecule has 0 bridgehead atoms. The lowest BCUT2D eigenvalue weighted by molar-refractivity contribution is -0.192. The van der Waals surface area contributed by atoms with E-state index in [-0.39, 0.29) is 18.3 Å². The molecule has 1 aliphatic heterocycles. The fourth-order valence-electron chi connectivity index (χ4n) is 3.48. The number of rotatable bonds is 5. The van der Waals surface area contributed by atoms with Crippen LogP contribution in [0.2, 0.25) is 0 Å². The molecule has 1 aliphatic rings. The number of alkyl halides is 3. The zero-order chi connectivity index (χ0) is 26.5. The number of carboxylic acids is 1. The van der Waals surface area contributed by atoms with Gasteiger partial charge >= 0.3 is 12.1 Å². The predicted molar refractivity (Wildman–Crippen MR) is 123 cm³/mol. The largest absolute Gasteiger partial charge is 0.490 e. The number of carboxylic acid groups (broad SMARTS) is 1. The molecular weight excluding hydrogens is 484 g/mol. The summed E-state index contributed by atoms with van der Waals surface area (Å²) < 4.78 is 53.2. The zero-order valence-corrected chi connectivity index (χ0v) is 19.5. The van der Waals surface area contributed by atoms with Crippen molar-refractivity contribution in [3.8, 4) is 17.0 Å². The van der Waals surface area contributed by atoms with Crippen molar-refractivity contribution in [2.45, 2.75) is 12.7 Å². The average Bonchev–Trinajstić information content (AvgIpc) is 3.26. The molecule has 0 aliphatic carbocycles. The molecule has 12 heteroatoms. The third kappa shape index (κ3) is 6.19. The molecule has 1 amide bonds. The number of hydrogen-bond donors (Lipinski definition) is 1. The van der Waals surface area contributed by atoms with Crippen LogP contribution in [-0.4, -0.2) is 71.6 Å². The summed E-state index contributed by atoms with van der Waals surface area (Å²) in [5.41, 5.74) is 2.62. The Bertz CT molecular complexity index is 1210. The standard InChI is InChI=1S/C22H23FN4O2.C2HF3O2/c1-25(2)11-12-27-20(16-7-4-3-5-8-16)17(15-24-27)22(28)26-13-14-29-21-18(23)9-6-10-19(21)26;3-2(4,5)1(6)7/h3-10,15H,11-14H2,1-2H3;(H,6,7). The Morgan fingerprint density at radius 2 is 1.78 bits per heavy atom. The summed E-state index contributed by atoms with van der Waals surface area (Å²) in [5, 5.41) is 11.6. The second-order valence-electron chi connectivity index (χ2n) is 8.00.